The van der Waals surface area contributed by atoms with E-state index in [-0.39, 0.29) is 5.57 Å². The van der Waals surface area contributed by atoms with Crippen LogP contribution < -0.4 is 0 Å². The van der Waals surface area contributed by atoms with Crippen LogP contribution >= 0.6 is 0 Å². The fraction of sp³-hybridized carbons (Fsp3) is 0.0909. The molecule has 76 valence electrons. The number of methoxy groups -OCH3 is 1. The molecule has 0 N–H and O–H groups in total. The molecule has 0 saturated carbocycles. The first-order valence-electron chi connectivity index (χ1n) is 4.14. The van der Waals surface area contributed by atoms with Gasteiger partial charge < -0.3 is 4.74 Å². The van der Waals surface area contributed by atoms with E-state index in [0.29, 0.717) is 11.3 Å². The van der Waals surface area contributed by atoms with Gasteiger partial charge in [-0.05, 0) is 17.7 Å². The normalized spacial score (nSPS) is 8.87. The lowest BCUT2D eigenvalue weighted by Gasteiger charge is -2.02. The minimum Gasteiger partial charge on any atom is -0.465 e. The number of rotatable bonds is 3. The molecular formula is C11H9NO3. The molecule has 0 aliphatic rings. The van der Waals surface area contributed by atoms with Gasteiger partial charge in [-0.15, -0.1) is 0 Å². The Labute approximate surface area is 86.9 Å². The van der Waals surface area contributed by atoms with E-state index in [1.807, 2.05) is 0 Å². The molecule has 0 saturated heterocycles. The maximum Gasteiger partial charge on any atom is 0.337 e. The Morgan fingerprint density at radius 1 is 1.40 bits per heavy atom. The average molecular weight is 203 g/mol. The van der Waals surface area contributed by atoms with Crippen molar-refractivity contribution in [2.45, 2.75) is 0 Å². The molecule has 0 heterocycles. The molecule has 0 aliphatic heterocycles. The molecule has 0 bridgehead atoms. The van der Waals surface area contributed by atoms with E-state index < -0.39 is 5.97 Å². The fourth-order valence-electron chi connectivity index (χ4n) is 1.03. The van der Waals surface area contributed by atoms with Gasteiger partial charge in [0.1, 0.15) is 0 Å². The van der Waals surface area contributed by atoms with Crippen LogP contribution in [0.1, 0.15) is 5.56 Å². The van der Waals surface area contributed by atoms with Gasteiger partial charge >= 0.3 is 5.97 Å². The molecule has 0 fully saturated rings. The molecule has 4 heteroatoms. The van der Waals surface area contributed by atoms with Gasteiger partial charge in [0.15, 0.2) is 0 Å². The number of carbonyl (C=O) groups excluding carboxylic acids is 2. The lowest BCUT2D eigenvalue weighted by molar-refractivity contribution is -0.133. The Morgan fingerprint density at radius 2 is 2.00 bits per heavy atom. The summed E-state index contributed by atoms with van der Waals surface area (Å²) in [5, 5.41) is 0. The van der Waals surface area contributed by atoms with Crippen molar-refractivity contribution >= 4 is 23.3 Å². The number of ether oxygens (including phenoxy) is 1. The molecular weight excluding hydrogens is 194 g/mol. The Hall–Kier alpha value is -2.19. The molecule has 1 aromatic rings. The zero-order chi connectivity index (χ0) is 11.3. The summed E-state index contributed by atoms with van der Waals surface area (Å²) in [6.45, 7) is 3.59. The minimum atomic E-state index is -0.485. The summed E-state index contributed by atoms with van der Waals surface area (Å²) in [6, 6.07) is 6.45. The first-order valence-corrected chi connectivity index (χ1v) is 4.14. The number of esters is 1. The van der Waals surface area contributed by atoms with Crippen molar-refractivity contribution in [3.8, 4) is 0 Å². The van der Waals surface area contributed by atoms with Crippen molar-refractivity contribution in [1.29, 1.82) is 0 Å². The van der Waals surface area contributed by atoms with Gasteiger partial charge in [0.05, 0.1) is 18.4 Å². The van der Waals surface area contributed by atoms with Crippen molar-refractivity contribution in [3.05, 3.63) is 36.4 Å². The fourth-order valence-corrected chi connectivity index (χ4v) is 1.03. The second-order valence-corrected chi connectivity index (χ2v) is 2.72. The highest BCUT2D eigenvalue weighted by Crippen LogP contribution is 2.18. The van der Waals surface area contributed by atoms with Gasteiger partial charge in [-0.3, -0.25) is 0 Å². The number of carbonyl (C=O) groups is 1. The van der Waals surface area contributed by atoms with Crippen LogP contribution in [0.2, 0.25) is 0 Å². The van der Waals surface area contributed by atoms with E-state index >= 15 is 0 Å². The Balaban J connectivity index is 2.93. The van der Waals surface area contributed by atoms with Crippen LogP contribution in [0.5, 0.6) is 0 Å². The zero-order valence-corrected chi connectivity index (χ0v) is 8.19. The molecule has 4 nitrogen and oxygen atoms in total. The molecule has 15 heavy (non-hydrogen) atoms. The first kappa shape index (κ1) is 10.9. The Bertz CT molecular complexity index is 428. The highest BCUT2D eigenvalue weighted by Gasteiger charge is 2.08. The number of aliphatic imine (C=N–C) groups is 1. The second-order valence-electron chi connectivity index (χ2n) is 2.72. The number of benzene rings is 1. The van der Waals surface area contributed by atoms with Crippen LogP contribution in [-0.2, 0) is 14.3 Å². The van der Waals surface area contributed by atoms with Crippen LogP contribution in [0.3, 0.4) is 0 Å². The summed E-state index contributed by atoms with van der Waals surface area (Å²) in [6.07, 6.45) is 1.43. The van der Waals surface area contributed by atoms with Gasteiger partial charge in [-0.1, -0.05) is 18.7 Å². The van der Waals surface area contributed by atoms with Crippen molar-refractivity contribution in [2.24, 2.45) is 4.99 Å². The van der Waals surface area contributed by atoms with Gasteiger partial charge in [0.2, 0.25) is 6.08 Å². The third-order valence-corrected chi connectivity index (χ3v) is 1.82. The third-order valence-electron chi connectivity index (χ3n) is 1.82. The van der Waals surface area contributed by atoms with Gasteiger partial charge in [0, 0.05) is 0 Å². The predicted octanol–water partition coefficient (Wildman–Crippen LogP) is 1.84. The predicted molar refractivity (Wildman–Crippen MR) is 55.3 cm³/mol. The van der Waals surface area contributed by atoms with E-state index in [0.717, 1.165) is 0 Å². The molecule has 0 spiro atoms. The van der Waals surface area contributed by atoms with Crippen LogP contribution in [0.15, 0.2) is 35.8 Å². The highest BCUT2D eigenvalue weighted by atomic mass is 16.5. The zero-order valence-electron chi connectivity index (χ0n) is 8.19. The van der Waals surface area contributed by atoms with Gasteiger partial charge in [-0.2, -0.15) is 4.99 Å². The van der Waals surface area contributed by atoms with E-state index in [4.69, 9.17) is 0 Å². The molecule has 1 rings (SSSR count). The van der Waals surface area contributed by atoms with Crippen LogP contribution in [0.4, 0.5) is 5.69 Å². The number of isocyanates is 1. The summed E-state index contributed by atoms with van der Waals surface area (Å²) >= 11 is 0. The van der Waals surface area contributed by atoms with E-state index in [2.05, 4.69) is 16.3 Å². The maximum atomic E-state index is 11.1. The average Bonchev–Trinajstić information content (AvgIpc) is 2.28. The number of nitrogens with zero attached hydrogens (tertiary/aromatic N) is 1. The first-order chi connectivity index (χ1) is 7.19. The van der Waals surface area contributed by atoms with Crippen LogP contribution in [0, 0.1) is 0 Å². The summed E-state index contributed by atoms with van der Waals surface area (Å²) in [5.41, 5.74) is 1.37. The standard InChI is InChI=1S/C11H9NO3/c1-8(11(14)15-2)9-3-5-10(6-4-9)12-7-13/h3-6H,1H2,2H3. The molecule has 0 aromatic heterocycles. The quantitative estimate of drug-likeness (QED) is 0.326. The second kappa shape index (κ2) is 4.88. The van der Waals surface area contributed by atoms with E-state index in [9.17, 15) is 9.59 Å². The summed E-state index contributed by atoms with van der Waals surface area (Å²) in [4.78, 5) is 24.5. The van der Waals surface area contributed by atoms with Crippen molar-refractivity contribution < 1.29 is 14.3 Å². The third kappa shape index (κ3) is 2.62. The highest BCUT2D eigenvalue weighted by molar-refractivity contribution is 6.15. The smallest absolute Gasteiger partial charge is 0.337 e. The largest absolute Gasteiger partial charge is 0.465 e. The molecule has 0 unspecified atom stereocenters. The van der Waals surface area contributed by atoms with Gasteiger partial charge in [-0.25, -0.2) is 9.59 Å². The van der Waals surface area contributed by atoms with E-state index in [1.54, 1.807) is 24.3 Å². The summed E-state index contributed by atoms with van der Waals surface area (Å²) < 4.78 is 4.52. The molecule has 1 aromatic carbocycles. The molecule has 0 amide bonds. The molecule has 0 atom stereocenters. The minimum absolute atomic E-state index is 0.263. The van der Waals surface area contributed by atoms with E-state index in [1.165, 1.54) is 13.2 Å². The summed E-state index contributed by atoms with van der Waals surface area (Å²) in [7, 11) is 1.29. The van der Waals surface area contributed by atoms with Crippen molar-refractivity contribution in [3.63, 3.8) is 0 Å². The molecule has 0 aliphatic carbocycles. The lowest BCUT2D eigenvalue weighted by atomic mass is 10.1. The SMILES string of the molecule is C=C(C(=O)OC)c1ccc(N=C=O)cc1. The van der Waals surface area contributed by atoms with Gasteiger partial charge in [0.25, 0.3) is 0 Å². The monoisotopic (exact) mass is 203 g/mol. The van der Waals surface area contributed by atoms with Crippen molar-refractivity contribution in [2.75, 3.05) is 7.11 Å². The maximum absolute atomic E-state index is 11.1. The van der Waals surface area contributed by atoms with Crippen LogP contribution in [0.25, 0.3) is 5.57 Å². The summed E-state index contributed by atoms with van der Waals surface area (Å²) in [5.74, 6) is -0.485. The Morgan fingerprint density at radius 3 is 2.47 bits per heavy atom. The number of hydrogen-bond donors (Lipinski definition) is 0. The Kier molecular flexibility index (Phi) is 3.55. The topological polar surface area (TPSA) is 55.7 Å². The van der Waals surface area contributed by atoms with Crippen molar-refractivity contribution in [1.82, 2.24) is 0 Å². The lowest BCUT2D eigenvalue weighted by Crippen LogP contribution is -2.02. The van der Waals surface area contributed by atoms with Crippen LogP contribution in [-0.4, -0.2) is 19.2 Å². The molecule has 0 radical (unpaired) electrons. The number of hydrogen-bond acceptors (Lipinski definition) is 4.